The molecule has 3 N–H and O–H groups in total. The zero-order valence-electron chi connectivity index (χ0n) is 22.7. The number of unbranched alkanes of at least 4 members (excludes halogenated alkanes) is 1. The van der Waals surface area contributed by atoms with Gasteiger partial charge in [-0.2, -0.15) is 0 Å². The van der Waals surface area contributed by atoms with Crippen molar-refractivity contribution >= 4 is 27.7 Å². The highest BCUT2D eigenvalue weighted by Gasteiger charge is 2.29. The van der Waals surface area contributed by atoms with Crippen molar-refractivity contribution in [3.63, 3.8) is 0 Å². The minimum Gasteiger partial charge on any atom is -0.347 e. The van der Waals surface area contributed by atoms with Gasteiger partial charge < -0.3 is 11.1 Å². The van der Waals surface area contributed by atoms with E-state index in [-0.39, 0.29) is 18.0 Å². The lowest BCUT2D eigenvalue weighted by Gasteiger charge is -2.26. The first kappa shape index (κ1) is 28.9. The predicted octanol–water partition coefficient (Wildman–Crippen LogP) is 5.39. The Labute approximate surface area is 223 Å². The van der Waals surface area contributed by atoms with E-state index in [0.717, 1.165) is 36.8 Å². The molecule has 1 aliphatic carbocycles. The summed E-state index contributed by atoms with van der Waals surface area (Å²) >= 11 is 0. The fourth-order valence-electron chi connectivity index (χ4n) is 4.62. The SMILES string of the molecule is CCCC[C@H](N)[C@H](Cc1ccccc1)NC(=O)c1cc(/C=C\C2CC2C)cc(N(CCC)S(C)(=O)=O)c1. The molecule has 2 aromatic rings. The van der Waals surface area contributed by atoms with Crippen LogP contribution in [0, 0.1) is 11.8 Å². The number of hydrogen-bond acceptors (Lipinski definition) is 4. The summed E-state index contributed by atoms with van der Waals surface area (Å²) in [7, 11) is -3.50. The lowest BCUT2D eigenvalue weighted by atomic mass is 9.95. The molecule has 4 atom stereocenters. The number of rotatable bonds is 14. The van der Waals surface area contributed by atoms with Gasteiger partial charge in [0.05, 0.1) is 11.9 Å². The topological polar surface area (TPSA) is 92.5 Å². The van der Waals surface area contributed by atoms with Gasteiger partial charge in [0, 0.05) is 24.2 Å². The molecule has 0 spiro atoms. The summed E-state index contributed by atoms with van der Waals surface area (Å²) in [4.78, 5) is 13.6. The van der Waals surface area contributed by atoms with Crippen LogP contribution in [0.2, 0.25) is 0 Å². The number of allylic oxidation sites excluding steroid dienone is 1. The average molecular weight is 526 g/mol. The predicted molar refractivity (Wildman–Crippen MR) is 154 cm³/mol. The Bertz CT molecular complexity index is 1160. The van der Waals surface area contributed by atoms with Crippen LogP contribution in [0.15, 0.2) is 54.6 Å². The highest BCUT2D eigenvalue weighted by Crippen LogP contribution is 2.39. The first-order valence-corrected chi connectivity index (χ1v) is 15.4. The zero-order chi connectivity index (χ0) is 27.0. The van der Waals surface area contributed by atoms with Gasteiger partial charge in [-0.05, 0) is 66.8 Å². The monoisotopic (exact) mass is 525 g/mol. The van der Waals surface area contributed by atoms with Crippen LogP contribution in [-0.4, -0.2) is 39.2 Å². The van der Waals surface area contributed by atoms with E-state index in [1.807, 2.05) is 55.5 Å². The first-order valence-electron chi connectivity index (χ1n) is 13.5. The zero-order valence-corrected chi connectivity index (χ0v) is 23.5. The van der Waals surface area contributed by atoms with Gasteiger partial charge in [-0.15, -0.1) is 0 Å². The molecule has 37 heavy (non-hydrogen) atoms. The van der Waals surface area contributed by atoms with E-state index in [1.54, 1.807) is 6.07 Å². The molecular formula is C30H43N3O3S. The number of nitrogens with one attached hydrogen (secondary N) is 1. The first-order chi connectivity index (χ1) is 17.6. The van der Waals surface area contributed by atoms with Crippen molar-refractivity contribution in [2.45, 2.75) is 71.4 Å². The number of nitrogens with two attached hydrogens (primary N) is 1. The molecule has 0 heterocycles. The van der Waals surface area contributed by atoms with Crippen LogP contribution in [0.3, 0.4) is 0 Å². The lowest BCUT2D eigenvalue weighted by molar-refractivity contribution is 0.0929. The molecule has 1 saturated carbocycles. The van der Waals surface area contributed by atoms with Gasteiger partial charge in [0.25, 0.3) is 5.91 Å². The second kappa shape index (κ2) is 13.2. The number of benzene rings is 2. The average Bonchev–Trinajstić information content (AvgIpc) is 3.58. The van der Waals surface area contributed by atoms with Crippen LogP contribution in [0.1, 0.15) is 74.4 Å². The maximum atomic E-state index is 13.6. The van der Waals surface area contributed by atoms with Crippen LogP contribution in [0.4, 0.5) is 5.69 Å². The van der Waals surface area contributed by atoms with Gasteiger partial charge in [0.1, 0.15) is 0 Å². The van der Waals surface area contributed by atoms with Gasteiger partial charge in [-0.25, -0.2) is 8.42 Å². The van der Waals surface area contributed by atoms with Crippen molar-refractivity contribution in [2.24, 2.45) is 17.6 Å². The molecule has 0 saturated heterocycles. The van der Waals surface area contributed by atoms with Gasteiger partial charge in [0.15, 0.2) is 0 Å². The molecule has 2 aromatic carbocycles. The van der Waals surface area contributed by atoms with Crippen molar-refractivity contribution in [2.75, 3.05) is 17.1 Å². The highest BCUT2D eigenvalue weighted by molar-refractivity contribution is 7.92. The molecule has 0 aliphatic heterocycles. The molecule has 2 unspecified atom stereocenters. The standard InChI is InChI=1S/C30H43N3O3S/c1-5-7-13-28(31)29(20-23-11-9-8-10-12-23)32-30(34)26-18-24(14-15-25-17-22(25)3)19-27(21-26)33(16-6-2)37(4,35)36/h8-12,14-15,18-19,21-22,25,28-29H,5-7,13,16-17,20,31H2,1-4H3,(H,32,34)/b15-14-/t22?,25?,28-,29-/m0/s1. The Kier molecular flexibility index (Phi) is 10.4. The summed E-state index contributed by atoms with van der Waals surface area (Å²) < 4.78 is 26.6. The number of carbonyl (C=O) groups is 1. The highest BCUT2D eigenvalue weighted by atomic mass is 32.2. The second-order valence-electron chi connectivity index (χ2n) is 10.5. The van der Waals surface area contributed by atoms with Crippen LogP contribution in [0.5, 0.6) is 0 Å². The third-order valence-electron chi connectivity index (χ3n) is 7.05. The fourth-order valence-corrected chi connectivity index (χ4v) is 5.62. The van der Waals surface area contributed by atoms with E-state index in [4.69, 9.17) is 5.73 Å². The third-order valence-corrected chi connectivity index (χ3v) is 8.24. The summed E-state index contributed by atoms with van der Waals surface area (Å²) in [6, 6.07) is 15.0. The Balaban J connectivity index is 1.93. The molecule has 0 radical (unpaired) electrons. The molecule has 1 aliphatic rings. The third kappa shape index (κ3) is 8.71. The molecule has 3 rings (SSSR count). The minimum absolute atomic E-state index is 0.185. The fraction of sp³-hybridized carbons (Fsp3) is 0.500. The van der Waals surface area contributed by atoms with Crippen molar-refractivity contribution in [3.8, 4) is 0 Å². The molecule has 6 nitrogen and oxygen atoms in total. The number of carbonyl (C=O) groups excluding carboxylic acids is 1. The molecule has 1 fully saturated rings. The minimum atomic E-state index is -3.50. The van der Waals surface area contributed by atoms with Gasteiger partial charge >= 0.3 is 0 Å². The van der Waals surface area contributed by atoms with Crippen molar-refractivity contribution in [3.05, 3.63) is 71.3 Å². The quantitative estimate of drug-likeness (QED) is 0.346. The summed E-state index contributed by atoms with van der Waals surface area (Å²) in [6.07, 6.45) is 10.7. The summed E-state index contributed by atoms with van der Waals surface area (Å²) in [6.45, 7) is 6.64. The number of amides is 1. The van der Waals surface area contributed by atoms with Crippen LogP contribution >= 0.6 is 0 Å². The Morgan fingerprint density at radius 2 is 1.86 bits per heavy atom. The maximum absolute atomic E-state index is 13.6. The number of hydrogen-bond donors (Lipinski definition) is 2. The van der Waals surface area contributed by atoms with E-state index in [0.29, 0.717) is 42.5 Å². The molecule has 1 amide bonds. The van der Waals surface area contributed by atoms with Gasteiger partial charge in [-0.1, -0.05) is 76.1 Å². The molecule has 0 aromatic heterocycles. The summed E-state index contributed by atoms with van der Waals surface area (Å²) in [5.74, 6) is 0.960. The largest absolute Gasteiger partial charge is 0.347 e. The van der Waals surface area contributed by atoms with Crippen LogP contribution in [-0.2, 0) is 16.4 Å². The molecule has 0 bridgehead atoms. The van der Waals surface area contributed by atoms with E-state index in [2.05, 4.69) is 25.2 Å². The summed E-state index contributed by atoms with van der Waals surface area (Å²) in [5, 5.41) is 3.18. The van der Waals surface area contributed by atoms with Crippen molar-refractivity contribution < 1.29 is 13.2 Å². The van der Waals surface area contributed by atoms with E-state index in [1.165, 1.54) is 10.6 Å². The normalized spacial score (nSPS) is 18.9. The summed E-state index contributed by atoms with van der Waals surface area (Å²) in [5.41, 5.74) is 9.45. The Hall–Kier alpha value is -2.64. The lowest BCUT2D eigenvalue weighted by Crippen LogP contribution is -2.49. The molecular weight excluding hydrogens is 482 g/mol. The molecule has 7 heteroatoms. The van der Waals surface area contributed by atoms with Crippen LogP contribution in [0.25, 0.3) is 6.08 Å². The second-order valence-corrected chi connectivity index (χ2v) is 12.4. The van der Waals surface area contributed by atoms with Crippen molar-refractivity contribution in [1.29, 1.82) is 0 Å². The Morgan fingerprint density at radius 3 is 2.46 bits per heavy atom. The Morgan fingerprint density at radius 1 is 1.16 bits per heavy atom. The van der Waals surface area contributed by atoms with Crippen LogP contribution < -0.4 is 15.4 Å². The van der Waals surface area contributed by atoms with E-state index < -0.39 is 10.0 Å². The maximum Gasteiger partial charge on any atom is 0.251 e. The number of anilines is 1. The van der Waals surface area contributed by atoms with Gasteiger partial charge in [0.2, 0.25) is 10.0 Å². The smallest absolute Gasteiger partial charge is 0.251 e. The van der Waals surface area contributed by atoms with E-state index >= 15 is 0 Å². The van der Waals surface area contributed by atoms with Crippen molar-refractivity contribution in [1.82, 2.24) is 5.32 Å². The van der Waals surface area contributed by atoms with E-state index in [9.17, 15) is 13.2 Å². The number of sulfonamides is 1. The number of nitrogens with zero attached hydrogens (tertiary/aromatic N) is 1. The molecule has 202 valence electrons. The van der Waals surface area contributed by atoms with Gasteiger partial charge in [-0.3, -0.25) is 9.10 Å².